The molecule has 20 N–H and O–H groups in total. The molecule has 0 spiro atoms. The van der Waals surface area contributed by atoms with Crippen molar-refractivity contribution in [3.05, 3.63) is 63.4 Å². The molecule has 28 nitrogen and oxygen atoms in total. The van der Waals surface area contributed by atoms with Crippen LogP contribution in [0.15, 0.2) is 39.7 Å². The van der Waals surface area contributed by atoms with Crippen LogP contribution in [0.2, 0.25) is 0 Å². The number of aliphatic hydroxyl groups is 4. The Labute approximate surface area is 608 Å². The summed E-state index contributed by atoms with van der Waals surface area (Å²) in [4.78, 5) is 85.8. The van der Waals surface area contributed by atoms with Gasteiger partial charge in [-0.05, 0) is 183 Å². The maximum atomic E-state index is 12.0. The first-order valence-corrected chi connectivity index (χ1v) is 27.1. The third kappa shape index (κ3) is 24.8. The molecule has 4 fully saturated rings. The normalized spacial score (nSPS) is 44.2. The Morgan fingerprint density at radius 3 is 1.46 bits per heavy atom. The van der Waals surface area contributed by atoms with Gasteiger partial charge in [0.2, 0.25) is 23.8 Å². The number of rotatable bonds is 13. The molecule has 8 rings (SSSR count). The number of H-pyrrole nitrogens is 3. The van der Waals surface area contributed by atoms with E-state index < -0.39 is 311 Å². The largest absolute Gasteiger partial charge is 0.393 e. The molecule has 4 saturated carbocycles. The third-order valence-corrected chi connectivity index (χ3v) is 11.0. The van der Waals surface area contributed by atoms with Crippen LogP contribution in [0.3, 0.4) is 0 Å². The number of nitrogens with one attached hydrogen (secondary N) is 8. The van der Waals surface area contributed by atoms with Crippen molar-refractivity contribution in [3.63, 3.8) is 0 Å². The summed E-state index contributed by atoms with van der Waals surface area (Å²) in [5.74, 6) is -18.0. The third-order valence-electron chi connectivity index (χ3n) is 11.0. The highest BCUT2D eigenvalue weighted by Gasteiger charge is 2.31. The Kier molecular flexibility index (Phi) is 11.1. The first-order valence-electron chi connectivity index (χ1n) is 51.1. The topological polar surface area (TPSA) is 462 Å². The van der Waals surface area contributed by atoms with Crippen molar-refractivity contribution in [2.75, 3.05) is 26.6 Å². The van der Waals surface area contributed by atoms with Crippen LogP contribution in [0.1, 0.15) is 294 Å². The van der Waals surface area contributed by atoms with Gasteiger partial charge in [-0.3, -0.25) is 34.2 Å². The standard InChI is InChI=1S/4C16H27N5O2/c4*1-9-5-6-10(7-12(9)22)19-14-11(13(17)23)8-18-15(20-14)21-16(2,3)4/h4*8-10,12,22H,5-7H2,1-4H3,(H2,17,23)(H2,18,19,20,21)/i1D3,5D2,6D2,7D2,8D,9D,10D,12D;1D3,2D3,3D3,4D3,5D2,7D2,12D;1D3,6D2,7D2,8D,12D;1D3,5D2,7D2,8D,12D. The minimum atomic E-state index is -4.29. The molecule has 0 aromatic carbocycles. The monoisotopic (exact) mass is 1330 g/mol. The fourth-order valence-electron chi connectivity index (χ4n) is 7.18. The van der Waals surface area contributed by atoms with Crippen LogP contribution in [0.25, 0.3) is 0 Å². The summed E-state index contributed by atoms with van der Waals surface area (Å²) in [6.45, 7) is -8.93. The van der Waals surface area contributed by atoms with Crippen molar-refractivity contribution >= 4 is 53.2 Å². The maximum absolute atomic E-state index is 12.0. The van der Waals surface area contributed by atoms with Gasteiger partial charge < -0.3 is 84.9 Å². The fourth-order valence-corrected chi connectivity index (χ4v) is 7.18. The molecule has 0 aliphatic heterocycles. The second kappa shape index (κ2) is 32.3. The van der Waals surface area contributed by atoms with Crippen molar-refractivity contribution < 1.29 is 105 Å². The smallest absolute Gasteiger partial charge is 0.254 e. The Bertz CT molecular complexity index is 5460. The average molecular weight is 1330 g/mol. The van der Waals surface area contributed by atoms with Crippen LogP contribution in [-0.4, -0.2) is 155 Å². The van der Waals surface area contributed by atoms with Gasteiger partial charge in [-0.15, -0.1) is 0 Å². The second-order valence-electron chi connectivity index (χ2n) is 22.8. The van der Waals surface area contributed by atoms with Gasteiger partial charge >= 0.3 is 0 Å². The van der Waals surface area contributed by atoms with Crippen molar-refractivity contribution in [1.29, 1.82) is 0 Å². The number of carbonyl (C=O) groups is 4. The predicted molar refractivity (Wildman–Crippen MR) is 357 cm³/mol. The molecule has 4 aliphatic carbocycles. The summed E-state index contributed by atoms with van der Waals surface area (Å²) in [5.41, 5.74) is 11.4. The number of carbonyl (C=O) groups excluding carboxylic acids is 4. The highest BCUT2D eigenvalue weighted by molar-refractivity contribution is 5.97. The first kappa shape index (κ1) is 31.6. The molecular weight excluding hydrogens is 1180 g/mol. The molecule has 0 saturated heterocycles. The first-order chi connectivity index (χ1) is 61.3. The van der Waals surface area contributed by atoms with Crippen LogP contribution < -0.4 is 66.0 Å². The summed E-state index contributed by atoms with van der Waals surface area (Å²) < 4.78 is 382. The van der Waals surface area contributed by atoms with E-state index in [1.54, 1.807) is 67.6 Å². The molecule has 512 valence electrons. The highest BCUT2D eigenvalue weighted by Crippen LogP contribution is 2.30. The molecule has 92 heavy (non-hydrogen) atoms. The van der Waals surface area contributed by atoms with Crippen LogP contribution >= 0.6 is 0 Å². The molecule has 4 heterocycles. The number of primary amides is 4. The molecule has 0 radical (unpaired) electrons. The number of nitrogens with zero attached hydrogens (tertiary/aromatic N) is 8. The minimum Gasteiger partial charge on any atom is -0.393 e. The van der Waals surface area contributed by atoms with Crippen LogP contribution in [-0.2, 0) is 0 Å². The Morgan fingerprint density at radius 2 is 0.989 bits per heavy atom. The van der Waals surface area contributed by atoms with Crippen molar-refractivity contribution in [2.45, 2.75) is 258 Å². The molecule has 4 aliphatic rings. The zero-order chi connectivity index (χ0) is 111. The van der Waals surface area contributed by atoms with Gasteiger partial charge in [0.05, 0.1) is 75.6 Å². The summed E-state index contributed by atoms with van der Waals surface area (Å²) in [5, 5.41) is 55.2. The maximum Gasteiger partial charge on any atom is 0.254 e. The summed E-state index contributed by atoms with van der Waals surface area (Å²) in [6, 6.07) is -9.81. The van der Waals surface area contributed by atoms with Gasteiger partial charge in [0.1, 0.15) is 22.3 Å². The Hall–Kier alpha value is -7.56. The molecule has 4 amide bonds. The van der Waals surface area contributed by atoms with E-state index in [0.29, 0.717) is 6.20 Å². The van der Waals surface area contributed by atoms with Gasteiger partial charge in [-0.1, -0.05) is 27.4 Å². The lowest BCUT2D eigenvalue weighted by atomic mass is 9.85. The quantitative estimate of drug-likeness (QED) is 0.0812. The van der Waals surface area contributed by atoms with Gasteiger partial charge in [0, 0.05) is 108 Å². The Balaban J connectivity index is 0.000000330. The number of aromatic amines is 3. The van der Waals surface area contributed by atoms with Crippen LogP contribution in [0, 0.1) is 23.6 Å². The van der Waals surface area contributed by atoms with E-state index in [2.05, 4.69) is 76.1 Å². The van der Waals surface area contributed by atoms with Crippen molar-refractivity contribution in [1.82, 2.24) is 39.9 Å². The predicted octanol–water partition coefficient (Wildman–Crippen LogP) is 5.25. The SMILES string of the molecule is [2H]C([2H])([2H])C1C([2H])([2H])CC(Nc2nc(NC(C([2H])([2H])[2H])(C([2H])([2H])[2H])C([2H])([2H])[2H])ncc2C(N)=O)C([2H])([2H])C1([2H])O.[2H]c1nc(NC(C)(C)C)[nH]c(=NC2([2H])C([2H])([2H])C([2H])([2H])C([2H])(C([2H])([2H])[2H])C([2H])(O)C2([2H])[2H])c1C(N)=O.[2H]c1nc(NC(C)(C)C)[nH]c(=NC2C([2H])([2H])CC(C([2H])([2H])[2H])C([2H])(O)C2([2H])[2H])c1C(N)=O.[2H]c1nc(NC(C)(C)C)[nH]c(=NC2CC([2H])([2H])C(C([2H])([2H])[2H])C([2H])(O)C2([2H])[2H])c1C(N)=O. The van der Waals surface area contributed by atoms with E-state index in [-0.39, 0.29) is 17.8 Å². The molecule has 4 aromatic rings. The fraction of sp³-hybridized carbons (Fsp3) is 0.688. The average Bonchev–Trinajstić information content (AvgIpc) is 0.646. The molecule has 12 unspecified atom stereocenters. The zero-order valence-corrected chi connectivity index (χ0v) is 51.0. The van der Waals surface area contributed by atoms with E-state index >= 15 is 0 Å². The lowest BCUT2D eigenvalue weighted by Crippen LogP contribution is -2.36. The zero-order valence-electron chi connectivity index (χ0n) is 99.0. The van der Waals surface area contributed by atoms with Crippen molar-refractivity contribution in [3.8, 4) is 0 Å². The molecule has 12 atom stereocenters. The number of nitrogens with two attached hydrogens (primary N) is 4. The molecule has 4 aromatic heterocycles. The van der Waals surface area contributed by atoms with E-state index in [1.165, 1.54) is 0 Å². The van der Waals surface area contributed by atoms with Crippen LogP contribution in [0.4, 0.5) is 29.6 Å². The van der Waals surface area contributed by atoms with Crippen LogP contribution in [0.5, 0.6) is 0 Å². The minimum absolute atomic E-state index is 0.00728. The number of hydrogen-bond donors (Lipinski definition) is 16. The van der Waals surface area contributed by atoms with E-state index in [9.17, 15) is 39.6 Å². The van der Waals surface area contributed by atoms with E-state index in [1.807, 2.05) is 0 Å². The van der Waals surface area contributed by atoms with Crippen molar-refractivity contribution in [2.24, 2.45) is 61.6 Å². The highest BCUT2D eigenvalue weighted by atomic mass is 16.3. The lowest BCUT2D eigenvalue weighted by molar-refractivity contribution is 0.0702. The summed E-state index contributed by atoms with van der Waals surface area (Å²) >= 11 is 0. The Morgan fingerprint density at radius 1 is 0.533 bits per heavy atom. The summed E-state index contributed by atoms with van der Waals surface area (Å²) in [6.07, 6.45) is -48.5. The molecule has 0 bridgehead atoms. The van der Waals surface area contributed by atoms with Gasteiger partial charge in [-0.2, -0.15) is 4.98 Å². The van der Waals surface area contributed by atoms with E-state index in [0.717, 1.165) is 0 Å². The number of amides is 4. The number of aromatic nitrogens is 8. The lowest BCUT2D eigenvalue weighted by Gasteiger charge is -2.32. The van der Waals surface area contributed by atoms with E-state index in [4.69, 9.17) is 88.7 Å². The van der Waals surface area contributed by atoms with Gasteiger partial charge in [-0.25, -0.2) is 19.9 Å². The number of anilines is 5. The molecule has 28 heteroatoms. The second-order valence-corrected chi connectivity index (χ2v) is 22.8. The number of hydrogen-bond acceptors (Lipinski definition) is 21. The van der Waals surface area contributed by atoms with Gasteiger partial charge in [0.25, 0.3) is 23.6 Å². The summed E-state index contributed by atoms with van der Waals surface area (Å²) in [7, 11) is 0. The van der Waals surface area contributed by atoms with Gasteiger partial charge in [0.15, 0.2) is 0 Å². The molecular formula is C64H108N20O8.